The smallest absolute Gasteiger partial charge is 0.314 e. The number of rotatable bonds is 5. The van der Waals surface area contributed by atoms with Gasteiger partial charge in [-0.2, -0.15) is 0 Å². The van der Waals surface area contributed by atoms with E-state index in [1.165, 1.54) is 13.0 Å². The number of esters is 1. The van der Waals surface area contributed by atoms with Crippen molar-refractivity contribution < 1.29 is 55.5 Å². The molecule has 0 spiro atoms. The molecule has 0 aromatic carbocycles. The number of aliphatic hydroxyl groups excluding tert-OH is 9. The molecule has 1 heterocycles. The van der Waals surface area contributed by atoms with Crippen molar-refractivity contribution in [3.8, 4) is 0 Å². The second-order valence-corrected chi connectivity index (χ2v) is 12.4. The van der Waals surface area contributed by atoms with Crippen LogP contribution in [-0.2, 0) is 9.53 Å². The Morgan fingerprint density at radius 3 is 1.74 bits per heavy atom. The minimum absolute atomic E-state index is 0.0162. The third kappa shape index (κ3) is 17.7. The molecular formula is C35H58O11. The van der Waals surface area contributed by atoms with Gasteiger partial charge in [0.1, 0.15) is 18.1 Å². The number of unbranched alkanes of at least 4 members (excludes halogenated alkanes) is 2. The molecule has 0 aromatic heterocycles. The Labute approximate surface area is 273 Å². The monoisotopic (exact) mass is 654 g/mol. The van der Waals surface area contributed by atoms with Gasteiger partial charge in [0.2, 0.25) is 0 Å². The van der Waals surface area contributed by atoms with Gasteiger partial charge in [0.25, 0.3) is 0 Å². The highest BCUT2D eigenvalue weighted by Gasteiger charge is 2.37. The van der Waals surface area contributed by atoms with Gasteiger partial charge >= 0.3 is 5.97 Å². The lowest BCUT2D eigenvalue weighted by atomic mass is 9.87. The second-order valence-electron chi connectivity index (χ2n) is 12.4. The molecule has 0 saturated carbocycles. The lowest BCUT2D eigenvalue weighted by Gasteiger charge is -2.29. The van der Waals surface area contributed by atoms with Crippen molar-refractivity contribution in [3.63, 3.8) is 0 Å². The molecule has 1 aliphatic rings. The topological polar surface area (TPSA) is 208 Å². The van der Waals surface area contributed by atoms with Crippen molar-refractivity contribution in [2.24, 2.45) is 5.92 Å². The van der Waals surface area contributed by atoms with Crippen LogP contribution in [0.4, 0.5) is 0 Å². The minimum atomic E-state index is -1.52. The molecule has 0 amide bonds. The van der Waals surface area contributed by atoms with Crippen molar-refractivity contribution in [2.45, 2.75) is 146 Å². The van der Waals surface area contributed by atoms with Gasteiger partial charge in [-0.05, 0) is 51.5 Å². The van der Waals surface area contributed by atoms with Gasteiger partial charge in [-0.15, -0.1) is 0 Å². The fraction of sp³-hybridized carbons (Fsp3) is 0.686. The number of hydrogen-bond donors (Lipinski definition) is 9. The third-order valence-electron chi connectivity index (χ3n) is 8.03. The fourth-order valence-electron chi connectivity index (χ4n) is 5.27. The van der Waals surface area contributed by atoms with Crippen LogP contribution < -0.4 is 0 Å². The Bertz CT molecular complexity index is 991. The number of allylic oxidation sites excluding steroid dienone is 8. The number of carbonyl (C=O) groups excluding carboxylic acids is 1. The maximum Gasteiger partial charge on any atom is 0.314 e. The summed E-state index contributed by atoms with van der Waals surface area (Å²) in [6.07, 6.45) is 4.69. The number of carbonyl (C=O) groups is 1. The predicted molar refractivity (Wildman–Crippen MR) is 175 cm³/mol. The molecule has 0 aromatic rings. The summed E-state index contributed by atoms with van der Waals surface area (Å²) in [7, 11) is 0. The van der Waals surface area contributed by atoms with E-state index in [9.17, 15) is 50.8 Å². The van der Waals surface area contributed by atoms with Crippen molar-refractivity contribution in [1.29, 1.82) is 0 Å². The van der Waals surface area contributed by atoms with E-state index in [-0.39, 0.29) is 44.9 Å². The average molecular weight is 655 g/mol. The molecule has 11 nitrogen and oxygen atoms in total. The molecule has 46 heavy (non-hydrogen) atoms. The van der Waals surface area contributed by atoms with E-state index in [0.29, 0.717) is 12.0 Å². The van der Waals surface area contributed by atoms with Crippen molar-refractivity contribution in [3.05, 3.63) is 60.3 Å². The van der Waals surface area contributed by atoms with Crippen LogP contribution in [0.25, 0.3) is 0 Å². The van der Waals surface area contributed by atoms with Crippen LogP contribution >= 0.6 is 0 Å². The van der Waals surface area contributed by atoms with Gasteiger partial charge in [0, 0.05) is 12.8 Å². The number of ether oxygens (including phenoxy) is 1. The highest BCUT2D eigenvalue weighted by molar-refractivity contribution is 5.74. The fourth-order valence-corrected chi connectivity index (χ4v) is 5.27. The summed E-state index contributed by atoms with van der Waals surface area (Å²) >= 11 is 0. The van der Waals surface area contributed by atoms with Gasteiger partial charge in [-0.25, -0.2) is 0 Å². The predicted octanol–water partition coefficient (Wildman–Crippen LogP) is 1.89. The summed E-state index contributed by atoms with van der Waals surface area (Å²) in [5, 5.41) is 94.8. The zero-order chi connectivity index (χ0) is 34.6. The highest BCUT2D eigenvalue weighted by Crippen LogP contribution is 2.24. The van der Waals surface area contributed by atoms with Gasteiger partial charge in [0.15, 0.2) is 0 Å². The largest absolute Gasteiger partial charge is 0.459 e. The molecule has 11 heteroatoms. The van der Waals surface area contributed by atoms with E-state index < -0.39 is 72.9 Å². The summed E-state index contributed by atoms with van der Waals surface area (Å²) in [5.74, 6) is -2.33. The first-order valence-corrected chi connectivity index (χ1v) is 16.4. The molecule has 0 radical (unpaired) electrons. The van der Waals surface area contributed by atoms with E-state index in [1.807, 2.05) is 6.92 Å². The van der Waals surface area contributed by atoms with Crippen LogP contribution in [0.2, 0.25) is 0 Å². The lowest BCUT2D eigenvalue weighted by molar-refractivity contribution is -0.168. The SMILES string of the molecule is CCCCC[C@@H](O)[C@@H]1C(=O)O[C@@H](C)[C@@H](O)/C=C/C=C/C=C/C=C/C=C(\C)[C@H](O)C[C@@H](O)C[C@@H](O)C[C@H](O)C[C@H](O)C[C@@H](O)C[C@@H]1O. The van der Waals surface area contributed by atoms with E-state index in [4.69, 9.17) is 4.74 Å². The minimum Gasteiger partial charge on any atom is -0.459 e. The van der Waals surface area contributed by atoms with E-state index in [2.05, 4.69) is 0 Å². The summed E-state index contributed by atoms with van der Waals surface area (Å²) in [6, 6.07) is 0. The molecule has 1 rings (SSSR count). The van der Waals surface area contributed by atoms with Crippen molar-refractivity contribution in [1.82, 2.24) is 0 Å². The molecule has 1 aliphatic heterocycles. The van der Waals surface area contributed by atoms with Crippen LogP contribution in [0.3, 0.4) is 0 Å². The van der Waals surface area contributed by atoms with Gasteiger partial charge in [0.05, 0.1) is 48.8 Å². The lowest BCUT2D eigenvalue weighted by Crippen LogP contribution is -2.43. The van der Waals surface area contributed by atoms with Gasteiger partial charge < -0.3 is 50.7 Å². The summed E-state index contributed by atoms with van der Waals surface area (Å²) in [4.78, 5) is 13.1. The van der Waals surface area contributed by atoms with Gasteiger partial charge in [-0.1, -0.05) is 80.9 Å². The van der Waals surface area contributed by atoms with Crippen LogP contribution in [0.15, 0.2) is 60.3 Å². The maximum atomic E-state index is 13.1. The summed E-state index contributed by atoms with van der Waals surface area (Å²) < 4.78 is 5.42. The second kappa shape index (κ2) is 23.2. The van der Waals surface area contributed by atoms with E-state index >= 15 is 0 Å². The first-order chi connectivity index (χ1) is 21.7. The molecule has 11 atom stereocenters. The molecule has 264 valence electrons. The molecular weight excluding hydrogens is 596 g/mol. The van der Waals surface area contributed by atoms with Crippen molar-refractivity contribution in [2.75, 3.05) is 0 Å². The molecule has 0 fully saturated rings. The first-order valence-electron chi connectivity index (χ1n) is 16.4. The van der Waals surface area contributed by atoms with Crippen LogP contribution in [0.1, 0.15) is 85.0 Å². The molecule has 9 N–H and O–H groups in total. The number of hydrogen-bond acceptors (Lipinski definition) is 11. The first kappa shape index (κ1) is 41.8. The Morgan fingerprint density at radius 2 is 1.20 bits per heavy atom. The molecule has 0 saturated heterocycles. The van der Waals surface area contributed by atoms with Crippen molar-refractivity contribution >= 4 is 5.97 Å². The van der Waals surface area contributed by atoms with E-state index in [1.54, 1.807) is 55.5 Å². The Hall–Kier alpha value is -2.19. The number of aliphatic hydroxyl groups is 9. The number of cyclic esters (lactones) is 1. The zero-order valence-electron chi connectivity index (χ0n) is 27.5. The maximum absolute atomic E-state index is 13.1. The normalized spacial score (nSPS) is 38.6. The quantitative estimate of drug-likeness (QED) is 0.154. The Morgan fingerprint density at radius 1 is 0.717 bits per heavy atom. The van der Waals surface area contributed by atoms with Crippen LogP contribution in [0.5, 0.6) is 0 Å². The summed E-state index contributed by atoms with van der Waals surface area (Å²) in [6.45, 7) is 5.18. The average Bonchev–Trinajstić information content (AvgIpc) is 2.94. The Balaban J connectivity index is 3.14. The zero-order valence-corrected chi connectivity index (χ0v) is 27.5. The standard InChI is InChI=1S/C35H58O11/c1-4-5-11-16-31(42)34-33(44)22-29(40)20-27(38)18-25(36)17-26(37)19-28(39)21-32(43)23(2)14-12-9-7-6-8-10-13-15-30(41)24(3)46-35(34)45/h6-10,12-15,24-34,36-44H,4-5,11,16-22H2,1-3H3/b7-6+,10-8+,12-9+,15-13+,23-14+/t24-,25-,26-,27-,28-,29+,30-,31+,32+,33-,34-/m0/s1. The molecule has 0 bridgehead atoms. The van der Waals surface area contributed by atoms with E-state index in [0.717, 1.165) is 12.8 Å². The third-order valence-corrected chi connectivity index (χ3v) is 8.03. The Kier molecular flexibility index (Phi) is 21.1. The van der Waals surface area contributed by atoms with Crippen LogP contribution in [0, 0.1) is 5.92 Å². The molecule has 0 unspecified atom stereocenters. The summed E-state index contributed by atoms with van der Waals surface area (Å²) in [5.41, 5.74) is 0.609. The highest BCUT2D eigenvalue weighted by atomic mass is 16.6. The van der Waals surface area contributed by atoms with Gasteiger partial charge in [-0.3, -0.25) is 4.79 Å². The van der Waals surface area contributed by atoms with Crippen LogP contribution in [-0.4, -0.2) is 113 Å². The molecule has 0 aliphatic carbocycles.